The Balaban J connectivity index is 1.67. The number of hydrogen-bond donors (Lipinski definition) is 1. The van der Waals surface area contributed by atoms with Gasteiger partial charge >= 0.3 is 5.97 Å². The molecule has 1 N–H and O–H groups in total. The molecule has 3 rings (SSSR count). The van der Waals surface area contributed by atoms with E-state index in [2.05, 4.69) is 0 Å². The molecule has 0 unspecified atom stereocenters. The first-order valence-electron chi connectivity index (χ1n) is 9.73. The summed E-state index contributed by atoms with van der Waals surface area (Å²) in [7, 11) is 1.64. The van der Waals surface area contributed by atoms with E-state index in [-0.39, 0.29) is 11.9 Å². The number of carbonyl (C=O) groups excluding carboxylic acids is 1. The van der Waals surface area contributed by atoms with Gasteiger partial charge in [0.2, 0.25) is 0 Å². The lowest BCUT2D eigenvalue weighted by molar-refractivity contribution is -0.157. The summed E-state index contributed by atoms with van der Waals surface area (Å²) in [5.74, 6) is 0.515. The molecule has 0 bridgehead atoms. The van der Waals surface area contributed by atoms with E-state index in [4.69, 9.17) is 14.2 Å². The van der Waals surface area contributed by atoms with Crippen LogP contribution in [0.15, 0.2) is 54.6 Å². The molecule has 4 atom stereocenters. The monoisotopic (exact) mass is 384 g/mol. The van der Waals surface area contributed by atoms with Gasteiger partial charge in [-0.05, 0) is 42.0 Å². The van der Waals surface area contributed by atoms with Crippen LogP contribution < -0.4 is 4.74 Å². The first-order chi connectivity index (χ1) is 13.6. The molecule has 2 aromatic rings. The van der Waals surface area contributed by atoms with Crippen LogP contribution in [0.1, 0.15) is 30.9 Å². The van der Waals surface area contributed by atoms with Crippen LogP contribution in [-0.2, 0) is 27.3 Å². The lowest BCUT2D eigenvalue weighted by atomic mass is 9.90. The Labute approximate surface area is 166 Å². The van der Waals surface area contributed by atoms with Crippen LogP contribution in [-0.4, -0.2) is 36.5 Å². The van der Waals surface area contributed by atoms with E-state index in [0.717, 1.165) is 16.9 Å². The summed E-state index contributed by atoms with van der Waals surface area (Å²) in [6, 6.07) is 17.6. The van der Waals surface area contributed by atoms with Gasteiger partial charge in [0.1, 0.15) is 18.0 Å². The highest BCUT2D eigenvalue weighted by Gasteiger charge is 2.38. The van der Waals surface area contributed by atoms with Gasteiger partial charge in [0, 0.05) is 6.42 Å². The Morgan fingerprint density at radius 3 is 2.43 bits per heavy atom. The number of cyclic esters (lactones) is 1. The maximum absolute atomic E-state index is 11.6. The van der Waals surface area contributed by atoms with E-state index in [1.807, 2.05) is 61.5 Å². The number of rotatable bonds is 9. The molecule has 0 saturated carbocycles. The summed E-state index contributed by atoms with van der Waals surface area (Å²) >= 11 is 0. The molecule has 28 heavy (non-hydrogen) atoms. The van der Waals surface area contributed by atoms with Crippen molar-refractivity contribution in [1.29, 1.82) is 0 Å². The van der Waals surface area contributed by atoms with Gasteiger partial charge in [-0.15, -0.1) is 0 Å². The Morgan fingerprint density at radius 1 is 1.11 bits per heavy atom. The lowest BCUT2D eigenvalue weighted by Crippen LogP contribution is -2.43. The van der Waals surface area contributed by atoms with Crippen molar-refractivity contribution in [3.05, 3.63) is 65.7 Å². The molecule has 1 aliphatic rings. The van der Waals surface area contributed by atoms with E-state index in [0.29, 0.717) is 25.9 Å². The van der Waals surface area contributed by atoms with Gasteiger partial charge in [-0.3, -0.25) is 4.79 Å². The molecule has 0 radical (unpaired) electrons. The molecule has 0 amide bonds. The van der Waals surface area contributed by atoms with Crippen LogP contribution in [0.5, 0.6) is 5.75 Å². The third-order valence-electron chi connectivity index (χ3n) is 5.20. The fourth-order valence-corrected chi connectivity index (χ4v) is 3.55. The number of hydrogen-bond acceptors (Lipinski definition) is 5. The second-order valence-corrected chi connectivity index (χ2v) is 7.35. The zero-order valence-corrected chi connectivity index (χ0v) is 16.4. The van der Waals surface area contributed by atoms with Crippen molar-refractivity contribution in [2.45, 2.75) is 51.1 Å². The van der Waals surface area contributed by atoms with E-state index in [1.54, 1.807) is 7.11 Å². The van der Waals surface area contributed by atoms with Crippen molar-refractivity contribution < 1.29 is 24.1 Å². The highest BCUT2D eigenvalue weighted by molar-refractivity contribution is 5.71. The molecule has 1 saturated heterocycles. The van der Waals surface area contributed by atoms with Gasteiger partial charge in [0.05, 0.1) is 19.8 Å². The van der Waals surface area contributed by atoms with Crippen LogP contribution in [0.3, 0.4) is 0 Å². The van der Waals surface area contributed by atoms with Crippen molar-refractivity contribution in [3.63, 3.8) is 0 Å². The molecule has 0 aromatic heterocycles. The Morgan fingerprint density at radius 2 is 1.82 bits per heavy atom. The van der Waals surface area contributed by atoms with Gasteiger partial charge in [-0.1, -0.05) is 49.4 Å². The average Bonchev–Trinajstić information content (AvgIpc) is 3.15. The van der Waals surface area contributed by atoms with Crippen LogP contribution in [0.25, 0.3) is 0 Å². The number of benzene rings is 2. The van der Waals surface area contributed by atoms with Crippen molar-refractivity contribution in [2.75, 3.05) is 7.11 Å². The molecule has 0 aliphatic carbocycles. The van der Waals surface area contributed by atoms with E-state index < -0.39 is 18.3 Å². The lowest BCUT2D eigenvalue weighted by Gasteiger charge is -2.31. The van der Waals surface area contributed by atoms with Gasteiger partial charge < -0.3 is 19.3 Å². The predicted octanol–water partition coefficient (Wildman–Crippen LogP) is 3.53. The number of aliphatic hydroxyl groups is 1. The number of esters is 1. The number of aliphatic hydroxyl groups excluding tert-OH is 1. The quantitative estimate of drug-likeness (QED) is 0.670. The standard InChI is InChI=1S/C23H28O5/c1-16(14-17-8-10-19(26-2)11-9-17)22(25)23(20-12-13-21(24)28-20)27-15-18-6-4-3-5-7-18/h3-11,16,20,22-23,25H,12-15H2,1-2H3/t16-,20-,22+,23-/m0/s1. The fraction of sp³-hybridized carbons (Fsp3) is 0.435. The number of ether oxygens (including phenoxy) is 3. The van der Waals surface area contributed by atoms with E-state index in [1.165, 1.54) is 0 Å². The molecule has 1 heterocycles. The molecule has 0 spiro atoms. The molecule has 2 aromatic carbocycles. The van der Waals surface area contributed by atoms with Crippen molar-refractivity contribution in [1.82, 2.24) is 0 Å². The summed E-state index contributed by atoms with van der Waals surface area (Å²) in [6.07, 6.45) is -0.0805. The molecule has 5 nitrogen and oxygen atoms in total. The molecule has 150 valence electrons. The molecule has 1 aliphatic heterocycles. The van der Waals surface area contributed by atoms with Crippen LogP contribution in [0, 0.1) is 5.92 Å². The molecule has 5 heteroatoms. The summed E-state index contributed by atoms with van der Waals surface area (Å²) in [5, 5.41) is 11.0. The minimum atomic E-state index is -0.748. The van der Waals surface area contributed by atoms with Crippen LogP contribution >= 0.6 is 0 Å². The summed E-state index contributed by atoms with van der Waals surface area (Å²) in [6.45, 7) is 2.36. The Kier molecular flexibility index (Phi) is 7.06. The zero-order chi connectivity index (χ0) is 19.9. The zero-order valence-electron chi connectivity index (χ0n) is 16.4. The van der Waals surface area contributed by atoms with E-state index in [9.17, 15) is 9.90 Å². The van der Waals surface area contributed by atoms with Crippen molar-refractivity contribution in [2.24, 2.45) is 5.92 Å². The normalized spacial score (nSPS) is 19.7. The summed E-state index contributed by atoms with van der Waals surface area (Å²) < 4.78 is 16.7. The van der Waals surface area contributed by atoms with Crippen LogP contribution in [0.4, 0.5) is 0 Å². The van der Waals surface area contributed by atoms with Gasteiger partial charge in [-0.25, -0.2) is 0 Å². The fourth-order valence-electron chi connectivity index (χ4n) is 3.55. The average molecular weight is 384 g/mol. The summed E-state index contributed by atoms with van der Waals surface area (Å²) in [4.78, 5) is 11.6. The van der Waals surface area contributed by atoms with E-state index >= 15 is 0 Å². The van der Waals surface area contributed by atoms with Crippen molar-refractivity contribution >= 4 is 5.97 Å². The number of methoxy groups -OCH3 is 1. The molecular weight excluding hydrogens is 356 g/mol. The third kappa shape index (κ3) is 5.33. The highest BCUT2D eigenvalue weighted by atomic mass is 16.6. The minimum absolute atomic E-state index is 0.0616. The Bertz CT molecular complexity index is 743. The van der Waals surface area contributed by atoms with Gasteiger partial charge in [0.25, 0.3) is 0 Å². The second kappa shape index (κ2) is 9.71. The predicted molar refractivity (Wildman–Crippen MR) is 106 cm³/mol. The van der Waals surface area contributed by atoms with Crippen LogP contribution in [0.2, 0.25) is 0 Å². The largest absolute Gasteiger partial charge is 0.497 e. The maximum atomic E-state index is 11.6. The maximum Gasteiger partial charge on any atom is 0.306 e. The molecular formula is C23H28O5. The first-order valence-corrected chi connectivity index (χ1v) is 9.73. The first kappa shape index (κ1) is 20.4. The van der Waals surface area contributed by atoms with Crippen molar-refractivity contribution in [3.8, 4) is 5.75 Å². The number of carbonyl (C=O) groups is 1. The topological polar surface area (TPSA) is 65.0 Å². The smallest absolute Gasteiger partial charge is 0.306 e. The van der Waals surface area contributed by atoms with Gasteiger partial charge in [0.15, 0.2) is 0 Å². The SMILES string of the molecule is COc1ccc(C[C@H](C)[C@@H](O)[C@@H](OCc2ccccc2)[C@@H]2CCC(=O)O2)cc1. The second-order valence-electron chi connectivity index (χ2n) is 7.35. The highest BCUT2D eigenvalue weighted by Crippen LogP contribution is 2.27. The Hall–Kier alpha value is -2.37. The summed E-state index contributed by atoms with van der Waals surface area (Å²) in [5.41, 5.74) is 2.13. The van der Waals surface area contributed by atoms with Gasteiger partial charge in [-0.2, -0.15) is 0 Å². The third-order valence-corrected chi connectivity index (χ3v) is 5.20. The minimum Gasteiger partial charge on any atom is -0.497 e. The molecule has 1 fully saturated rings.